The van der Waals surface area contributed by atoms with Crippen molar-refractivity contribution in [1.29, 1.82) is 0 Å². The predicted octanol–water partition coefficient (Wildman–Crippen LogP) is 1.37. The topological polar surface area (TPSA) is 22.1 Å². The molecule has 10 heavy (non-hydrogen) atoms. The minimum absolute atomic E-state index is 0.320. The zero-order valence-corrected chi connectivity index (χ0v) is 5.67. The first-order valence-corrected chi connectivity index (χ1v) is 2.92. The van der Waals surface area contributed by atoms with Gasteiger partial charge in [-0.25, -0.2) is 4.39 Å². The highest BCUT2D eigenvalue weighted by atomic mass is 19.1. The van der Waals surface area contributed by atoms with E-state index in [2.05, 4.69) is 4.98 Å². The lowest BCUT2D eigenvalue weighted by molar-refractivity contribution is 0.181. The number of aromatic nitrogens is 1. The third-order valence-electron chi connectivity index (χ3n) is 1.08. The monoisotopic (exact) mass is 141 g/mol. The van der Waals surface area contributed by atoms with E-state index in [1.165, 1.54) is 12.3 Å². The first-order valence-electron chi connectivity index (χ1n) is 2.92. The maximum Gasteiger partial charge on any atom is 0.141 e. The Hall–Kier alpha value is -0.960. The third kappa shape index (κ3) is 1.77. The van der Waals surface area contributed by atoms with Crippen LogP contribution in [0.3, 0.4) is 0 Å². The first-order chi connectivity index (χ1) is 4.83. The molecule has 0 atom stereocenters. The largest absolute Gasteiger partial charge is 0.378 e. The number of hydrogen-bond acceptors (Lipinski definition) is 2. The summed E-state index contributed by atoms with van der Waals surface area (Å²) in [4.78, 5) is 3.77. The molecule has 0 radical (unpaired) electrons. The van der Waals surface area contributed by atoms with Gasteiger partial charge in [-0.05, 0) is 12.1 Å². The summed E-state index contributed by atoms with van der Waals surface area (Å²) in [5.41, 5.74) is 0.740. The predicted molar refractivity (Wildman–Crippen MR) is 34.9 cm³/mol. The van der Waals surface area contributed by atoms with Crippen molar-refractivity contribution in [3.8, 4) is 0 Å². The van der Waals surface area contributed by atoms with Crippen LogP contribution >= 0.6 is 0 Å². The van der Waals surface area contributed by atoms with Crippen LogP contribution in [0.4, 0.5) is 4.39 Å². The molecule has 1 aromatic heterocycles. The summed E-state index contributed by atoms with van der Waals surface area (Å²) < 4.78 is 17.0. The van der Waals surface area contributed by atoms with E-state index in [9.17, 15) is 4.39 Å². The molecule has 1 heterocycles. The van der Waals surface area contributed by atoms with Gasteiger partial charge >= 0.3 is 0 Å². The number of ether oxygens (including phenoxy) is 1. The molecule has 0 saturated heterocycles. The fourth-order valence-electron chi connectivity index (χ4n) is 0.640. The van der Waals surface area contributed by atoms with Crippen LogP contribution in [-0.4, -0.2) is 12.1 Å². The molecule has 0 saturated carbocycles. The second-order valence-electron chi connectivity index (χ2n) is 1.90. The van der Waals surface area contributed by atoms with E-state index in [1.54, 1.807) is 13.2 Å². The summed E-state index contributed by atoms with van der Waals surface area (Å²) in [6.07, 6.45) is 1.17. The van der Waals surface area contributed by atoms with Gasteiger partial charge in [0.25, 0.3) is 0 Å². The van der Waals surface area contributed by atoms with E-state index in [1.807, 2.05) is 0 Å². The van der Waals surface area contributed by atoms with Crippen molar-refractivity contribution in [2.45, 2.75) is 6.61 Å². The Morgan fingerprint density at radius 2 is 2.40 bits per heavy atom. The Kier molecular flexibility index (Phi) is 2.34. The van der Waals surface area contributed by atoms with E-state index in [0.29, 0.717) is 6.61 Å². The van der Waals surface area contributed by atoms with Gasteiger partial charge in [0.05, 0.1) is 18.5 Å². The molecule has 1 rings (SSSR count). The van der Waals surface area contributed by atoms with Gasteiger partial charge < -0.3 is 4.74 Å². The van der Waals surface area contributed by atoms with Crippen LogP contribution in [0.25, 0.3) is 0 Å². The highest BCUT2D eigenvalue weighted by molar-refractivity contribution is 5.03. The van der Waals surface area contributed by atoms with E-state index in [4.69, 9.17) is 4.74 Å². The zero-order valence-electron chi connectivity index (χ0n) is 5.67. The maximum absolute atomic E-state index is 12.2. The summed E-state index contributed by atoms with van der Waals surface area (Å²) in [5.74, 6) is -0.320. The Labute approximate surface area is 58.7 Å². The van der Waals surface area contributed by atoms with Crippen LogP contribution < -0.4 is 0 Å². The first kappa shape index (κ1) is 7.15. The highest BCUT2D eigenvalue weighted by Gasteiger charge is 1.92. The lowest BCUT2D eigenvalue weighted by Gasteiger charge is -1.95. The molecule has 0 amide bonds. The Balaban J connectivity index is 2.69. The summed E-state index contributed by atoms with van der Waals surface area (Å²) in [6, 6.07) is 2.96. The van der Waals surface area contributed by atoms with Gasteiger partial charge in [-0.1, -0.05) is 0 Å². The molecule has 0 spiro atoms. The number of methoxy groups -OCH3 is 1. The van der Waals surface area contributed by atoms with Gasteiger partial charge in [0.15, 0.2) is 0 Å². The van der Waals surface area contributed by atoms with Crippen LogP contribution in [0, 0.1) is 5.82 Å². The molecule has 1 aromatic rings. The molecule has 54 valence electrons. The number of nitrogens with zero attached hydrogens (tertiary/aromatic N) is 1. The van der Waals surface area contributed by atoms with Crippen molar-refractivity contribution in [3.63, 3.8) is 0 Å². The van der Waals surface area contributed by atoms with E-state index < -0.39 is 0 Å². The maximum atomic E-state index is 12.2. The summed E-state index contributed by atoms with van der Waals surface area (Å²) >= 11 is 0. The number of pyridine rings is 1. The number of hydrogen-bond donors (Lipinski definition) is 0. The molecule has 0 bridgehead atoms. The number of halogens is 1. The van der Waals surface area contributed by atoms with Crippen LogP contribution in [0.1, 0.15) is 5.69 Å². The average Bonchev–Trinajstić information content (AvgIpc) is 1.95. The number of rotatable bonds is 2. The van der Waals surface area contributed by atoms with Gasteiger partial charge in [-0.15, -0.1) is 0 Å². The van der Waals surface area contributed by atoms with Gasteiger partial charge in [-0.2, -0.15) is 0 Å². The average molecular weight is 141 g/mol. The van der Waals surface area contributed by atoms with Crippen LogP contribution in [0.15, 0.2) is 18.3 Å². The molecular weight excluding hydrogens is 133 g/mol. The van der Waals surface area contributed by atoms with Crippen molar-refractivity contribution < 1.29 is 9.13 Å². The second kappa shape index (κ2) is 3.27. The summed E-state index contributed by atoms with van der Waals surface area (Å²) in [6.45, 7) is 0.431. The molecule has 3 heteroatoms. The minimum atomic E-state index is -0.320. The SMILES string of the molecule is COCc1ccc(F)cn1. The van der Waals surface area contributed by atoms with Crippen molar-refractivity contribution in [1.82, 2.24) is 4.98 Å². The molecule has 0 aromatic carbocycles. The van der Waals surface area contributed by atoms with Gasteiger partial charge in [0, 0.05) is 7.11 Å². The second-order valence-corrected chi connectivity index (χ2v) is 1.90. The molecule has 0 N–H and O–H groups in total. The molecule has 0 aliphatic heterocycles. The Bertz CT molecular complexity index is 197. The van der Waals surface area contributed by atoms with Gasteiger partial charge in [0.2, 0.25) is 0 Å². The Morgan fingerprint density at radius 3 is 2.90 bits per heavy atom. The fourth-order valence-corrected chi connectivity index (χ4v) is 0.640. The van der Waals surface area contributed by atoms with Gasteiger partial charge in [0.1, 0.15) is 5.82 Å². The lowest BCUT2D eigenvalue weighted by atomic mass is 10.4. The van der Waals surface area contributed by atoms with Crippen molar-refractivity contribution in [2.24, 2.45) is 0 Å². The molecular formula is C7H8FNO. The zero-order chi connectivity index (χ0) is 7.40. The fraction of sp³-hybridized carbons (Fsp3) is 0.286. The Morgan fingerprint density at radius 1 is 1.60 bits per heavy atom. The van der Waals surface area contributed by atoms with E-state index in [0.717, 1.165) is 5.69 Å². The standard InChI is InChI=1S/C7H8FNO/c1-10-5-7-3-2-6(8)4-9-7/h2-4H,5H2,1H3. The quantitative estimate of drug-likeness (QED) is 0.620. The summed E-state index contributed by atoms with van der Waals surface area (Å²) in [7, 11) is 1.57. The van der Waals surface area contributed by atoms with E-state index in [-0.39, 0.29) is 5.82 Å². The smallest absolute Gasteiger partial charge is 0.141 e. The minimum Gasteiger partial charge on any atom is -0.378 e. The molecule has 0 aliphatic rings. The summed E-state index contributed by atoms with van der Waals surface area (Å²) in [5, 5.41) is 0. The van der Waals surface area contributed by atoms with Crippen LogP contribution in [0.2, 0.25) is 0 Å². The van der Waals surface area contributed by atoms with Crippen molar-refractivity contribution in [2.75, 3.05) is 7.11 Å². The normalized spacial score (nSPS) is 9.80. The molecule has 0 unspecified atom stereocenters. The van der Waals surface area contributed by atoms with E-state index >= 15 is 0 Å². The molecule has 0 aliphatic carbocycles. The third-order valence-corrected chi connectivity index (χ3v) is 1.08. The molecule has 0 fully saturated rings. The lowest BCUT2D eigenvalue weighted by Crippen LogP contribution is -1.91. The van der Waals surface area contributed by atoms with Crippen molar-refractivity contribution in [3.05, 3.63) is 29.8 Å². The highest BCUT2D eigenvalue weighted by Crippen LogP contribution is 1.98. The van der Waals surface area contributed by atoms with Crippen molar-refractivity contribution >= 4 is 0 Å². The van der Waals surface area contributed by atoms with Crippen LogP contribution in [0.5, 0.6) is 0 Å². The molecule has 2 nitrogen and oxygen atoms in total. The van der Waals surface area contributed by atoms with Gasteiger partial charge in [-0.3, -0.25) is 4.98 Å². The van der Waals surface area contributed by atoms with Crippen LogP contribution in [-0.2, 0) is 11.3 Å².